The third-order valence-corrected chi connectivity index (χ3v) is 0.940. The average Bonchev–Trinajstić information content (AvgIpc) is 1.91. The van der Waals surface area contributed by atoms with Crippen LogP contribution in [0.5, 0.6) is 0 Å². The first kappa shape index (κ1) is 9.19. The van der Waals surface area contributed by atoms with E-state index in [0.29, 0.717) is 0 Å². The Morgan fingerprint density at radius 2 is 1.70 bits per heavy atom. The molecule has 0 aliphatic carbocycles. The molecule has 0 spiro atoms. The number of aryl methyl sites for hydroxylation is 1. The average molecular weight is 198 g/mol. The van der Waals surface area contributed by atoms with Gasteiger partial charge in [-0.3, -0.25) is 0 Å². The van der Waals surface area contributed by atoms with E-state index < -0.39 is 0 Å². The molecule has 1 rings (SSSR count). The molecule has 1 aromatic rings. The summed E-state index contributed by atoms with van der Waals surface area (Å²) in [4.78, 5) is 1.56. The van der Waals surface area contributed by atoms with Gasteiger partial charge in [0, 0.05) is 15.9 Å². The van der Waals surface area contributed by atoms with Gasteiger partial charge in [0.25, 0.3) is 0 Å². The lowest BCUT2D eigenvalue weighted by Crippen LogP contribution is -1.62. The molecule has 0 saturated carbocycles. The molecule has 0 heterocycles. The summed E-state index contributed by atoms with van der Waals surface area (Å²) in [5.74, 6) is 0. The molecule has 2 heteroatoms. The van der Waals surface area contributed by atoms with Gasteiger partial charge in [0.05, 0.1) is 0 Å². The van der Waals surface area contributed by atoms with Crippen LogP contribution in [-0.4, -0.2) is 0 Å². The molecule has 1 nitrogen and oxygen atoms in total. The first-order chi connectivity index (χ1) is 4.81. The van der Waals surface area contributed by atoms with Gasteiger partial charge in [0.2, 0.25) is 0 Å². The highest BCUT2D eigenvalue weighted by atomic mass is 79.9. The van der Waals surface area contributed by atoms with E-state index in [1.54, 1.807) is 4.98 Å². The van der Waals surface area contributed by atoms with Crippen LogP contribution in [0, 0.1) is 17.2 Å². The van der Waals surface area contributed by atoms with Gasteiger partial charge in [0.1, 0.15) is 4.98 Å². The van der Waals surface area contributed by atoms with Gasteiger partial charge in [0.15, 0.2) is 0 Å². The molecule has 0 bridgehead atoms. The van der Waals surface area contributed by atoms with Crippen LogP contribution in [0.4, 0.5) is 0 Å². The third-order valence-electron chi connectivity index (χ3n) is 0.940. The molecule has 0 radical (unpaired) electrons. The van der Waals surface area contributed by atoms with Crippen LogP contribution in [-0.2, 0) is 0 Å². The van der Waals surface area contributed by atoms with Crippen molar-refractivity contribution in [3.8, 4) is 4.98 Å². The summed E-state index contributed by atoms with van der Waals surface area (Å²) in [6.45, 7) is 2.08. The maximum atomic E-state index is 7.24. The summed E-state index contributed by atoms with van der Waals surface area (Å²) in [6.07, 6.45) is 0. The van der Waals surface area contributed by atoms with E-state index in [-0.39, 0.29) is 0 Å². The number of hydrogen-bond acceptors (Lipinski definition) is 1. The summed E-state index contributed by atoms with van der Waals surface area (Å²) >= 11 is 2.45. The lowest BCUT2D eigenvalue weighted by atomic mass is 10.2. The smallest absolute Gasteiger partial charge is 0.142 e. The highest BCUT2D eigenvalue weighted by molar-refractivity contribution is 9.12. The fourth-order valence-corrected chi connectivity index (χ4v) is 0.534. The Labute approximate surface area is 69.4 Å². The van der Waals surface area contributed by atoms with Crippen molar-refractivity contribution in [2.24, 2.45) is 0 Å². The molecule has 10 heavy (non-hydrogen) atoms. The quantitative estimate of drug-likeness (QED) is 0.628. The molecule has 0 aliphatic heterocycles. The van der Waals surface area contributed by atoms with Gasteiger partial charge in [-0.2, -0.15) is 5.26 Å². The van der Waals surface area contributed by atoms with Crippen LogP contribution >= 0.6 is 15.9 Å². The van der Waals surface area contributed by atoms with Gasteiger partial charge in [-0.25, -0.2) is 0 Å². The summed E-state index contributed by atoms with van der Waals surface area (Å²) in [5.41, 5.74) is 1.32. The Kier molecular flexibility index (Phi) is 5.80. The summed E-state index contributed by atoms with van der Waals surface area (Å²) < 4.78 is 0. The number of rotatable bonds is 0. The van der Waals surface area contributed by atoms with Gasteiger partial charge < -0.3 is 0 Å². The van der Waals surface area contributed by atoms with Crippen LogP contribution in [0.2, 0.25) is 0 Å². The minimum atomic E-state index is 1.32. The Balaban J connectivity index is 0.000000236. The van der Waals surface area contributed by atoms with E-state index in [1.807, 2.05) is 18.2 Å². The van der Waals surface area contributed by atoms with Crippen LogP contribution in [0.15, 0.2) is 30.3 Å². The second-order valence-electron chi connectivity index (χ2n) is 1.74. The number of hydrogen-bond donors (Lipinski definition) is 0. The Hall–Kier alpha value is -0.810. The molecule has 0 unspecified atom stereocenters. The molecule has 52 valence electrons. The predicted octanol–water partition coefficient (Wildman–Crippen LogP) is 2.86. The van der Waals surface area contributed by atoms with Crippen molar-refractivity contribution in [1.82, 2.24) is 0 Å². The first-order valence-electron chi connectivity index (χ1n) is 2.82. The van der Waals surface area contributed by atoms with Gasteiger partial charge >= 0.3 is 0 Å². The highest BCUT2D eigenvalue weighted by Crippen LogP contribution is 1.92. The number of benzene rings is 1. The molecule has 1 aromatic carbocycles. The third kappa shape index (κ3) is 5.33. The molecule has 0 fully saturated rings. The zero-order chi connectivity index (χ0) is 7.82. The van der Waals surface area contributed by atoms with Crippen molar-refractivity contribution < 1.29 is 0 Å². The molecular formula is C8H8BrN. The molecule has 0 saturated heterocycles. The SMILES string of the molecule is Cc1ccccc1.N#CBr. The number of nitriles is 1. The van der Waals surface area contributed by atoms with Crippen molar-refractivity contribution in [3.63, 3.8) is 0 Å². The summed E-state index contributed by atoms with van der Waals surface area (Å²) in [6, 6.07) is 10.3. The lowest BCUT2D eigenvalue weighted by molar-refractivity contribution is 1.48. The molecule has 0 amide bonds. The van der Waals surface area contributed by atoms with Crippen LogP contribution in [0.1, 0.15) is 5.56 Å². The molecular weight excluding hydrogens is 190 g/mol. The van der Waals surface area contributed by atoms with Gasteiger partial charge in [-0.1, -0.05) is 35.9 Å². The summed E-state index contributed by atoms with van der Waals surface area (Å²) in [5, 5.41) is 7.24. The second kappa shape index (κ2) is 6.31. The molecule has 0 aliphatic rings. The van der Waals surface area contributed by atoms with Gasteiger partial charge in [-0.15, -0.1) is 0 Å². The van der Waals surface area contributed by atoms with Crippen molar-refractivity contribution in [2.45, 2.75) is 6.92 Å². The maximum absolute atomic E-state index is 7.24. The van der Waals surface area contributed by atoms with E-state index in [9.17, 15) is 0 Å². The lowest BCUT2D eigenvalue weighted by Gasteiger charge is -1.82. The van der Waals surface area contributed by atoms with E-state index >= 15 is 0 Å². The molecule has 0 N–H and O–H groups in total. The zero-order valence-corrected chi connectivity index (χ0v) is 7.30. The first-order valence-corrected chi connectivity index (χ1v) is 3.62. The minimum Gasteiger partial charge on any atom is -0.185 e. The largest absolute Gasteiger partial charge is 0.185 e. The van der Waals surface area contributed by atoms with Crippen LogP contribution < -0.4 is 0 Å². The molecule has 0 atom stereocenters. The molecule has 0 aromatic heterocycles. The highest BCUT2D eigenvalue weighted by Gasteiger charge is 1.72. The predicted molar refractivity (Wildman–Crippen MR) is 45.7 cm³/mol. The maximum Gasteiger partial charge on any atom is 0.142 e. The van der Waals surface area contributed by atoms with E-state index in [0.717, 1.165) is 0 Å². The Morgan fingerprint density at radius 1 is 1.30 bits per heavy atom. The van der Waals surface area contributed by atoms with Crippen LogP contribution in [0.25, 0.3) is 0 Å². The van der Waals surface area contributed by atoms with Crippen molar-refractivity contribution in [2.75, 3.05) is 0 Å². The topological polar surface area (TPSA) is 23.8 Å². The fourth-order valence-electron chi connectivity index (χ4n) is 0.534. The normalized spacial score (nSPS) is 6.90. The van der Waals surface area contributed by atoms with Crippen molar-refractivity contribution in [1.29, 1.82) is 5.26 Å². The van der Waals surface area contributed by atoms with E-state index in [4.69, 9.17) is 5.26 Å². The standard InChI is InChI=1S/C7H8.CBrN/c1-7-5-3-2-4-6-7;2-1-3/h2-6H,1H3;. The van der Waals surface area contributed by atoms with E-state index in [2.05, 4.69) is 35.0 Å². The number of halogens is 1. The van der Waals surface area contributed by atoms with E-state index in [1.165, 1.54) is 5.56 Å². The van der Waals surface area contributed by atoms with Crippen molar-refractivity contribution >= 4 is 15.9 Å². The Morgan fingerprint density at radius 3 is 1.90 bits per heavy atom. The second-order valence-corrected chi connectivity index (χ2v) is 2.09. The summed E-state index contributed by atoms with van der Waals surface area (Å²) in [7, 11) is 0. The minimum absolute atomic E-state index is 1.32. The zero-order valence-electron chi connectivity index (χ0n) is 5.71. The van der Waals surface area contributed by atoms with Crippen molar-refractivity contribution in [3.05, 3.63) is 35.9 Å². The van der Waals surface area contributed by atoms with Crippen LogP contribution in [0.3, 0.4) is 0 Å². The number of nitrogens with zero attached hydrogens (tertiary/aromatic N) is 1. The monoisotopic (exact) mass is 197 g/mol. The Bertz CT molecular complexity index is 200. The fraction of sp³-hybridized carbons (Fsp3) is 0.125. The van der Waals surface area contributed by atoms with Gasteiger partial charge in [-0.05, 0) is 6.92 Å².